The molecule has 0 saturated heterocycles. The number of hydrogen-bond donors (Lipinski definition) is 2. The lowest BCUT2D eigenvalue weighted by Crippen LogP contribution is -2.29. The molecule has 4 rings (SSSR count). The maximum absolute atomic E-state index is 12.0. The number of para-hydroxylation sites is 2. The van der Waals surface area contributed by atoms with Crippen LogP contribution in [0.15, 0.2) is 54.6 Å². The zero-order valence-corrected chi connectivity index (χ0v) is 15.7. The van der Waals surface area contributed by atoms with E-state index in [9.17, 15) is 4.79 Å². The monoisotopic (exact) mass is 360 g/mol. The minimum Gasteiger partial charge on any atom is -0.326 e. The Labute approximate surface area is 159 Å². The molecule has 2 N–H and O–H groups in total. The summed E-state index contributed by atoms with van der Waals surface area (Å²) in [5.74, 6) is 0.282. The van der Waals surface area contributed by atoms with E-state index in [0.29, 0.717) is 6.42 Å². The number of amides is 1. The zero-order valence-electron chi connectivity index (χ0n) is 15.7. The van der Waals surface area contributed by atoms with Crippen molar-refractivity contribution < 1.29 is 4.79 Å². The van der Waals surface area contributed by atoms with Crippen molar-refractivity contribution in [3.8, 4) is 5.69 Å². The van der Waals surface area contributed by atoms with Crippen LogP contribution in [-0.2, 0) is 11.3 Å². The number of carbonyl (C=O) groups is 1. The van der Waals surface area contributed by atoms with Crippen LogP contribution in [0.1, 0.15) is 34.9 Å². The fourth-order valence-electron chi connectivity index (χ4n) is 3.81. The molecule has 0 saturated carbocycles. The number of benzene rings is 2. The molecule has 0 aliphatic carbocycles. The Hall–Kier alpha value is -2.92. The normalized spacial score (nSPS) is 16.1. The van der Waals surface area contributed by atoms with Gasteiger partial charge in [0.2, 0.25) is 5.91 Å². The summed E-state index contributed by atoms with van der Waals surface area (Å²) in [6.07, 6.45) is 0.519. The Bertz CT molecular complexity index is 962. The van der Waals surface area contributed by atoms with E-state index in [-0.39, 0.29) is 11.8 Å². The Morgan fingerprint density at radius 3 is 2.67 bits per heavy atom. The Morgan fingerprint density at radius 1 is 1.11 bits per heavy atom. The lowest BCUT2D eigenvalue weighted by molar-refractivity contribution is -0.116. The average molecular weight is 360 g/mol. The number of fused-ring (bicyclic) bond motifs is 1. The highest BCUT2D eigenvalue weighted by molar-refractivity contribution is 5.94. The summed E-state index contributed by atoms with van der Waals surface area (Å²) in [6.45, 7) is 5.66. The van der Waals surface area contributed by atoms with Crippen LogP contribution >= 0.6 is 0 Å². The van der Waals surface area contributed by atoms with Gasteiger partial charge in [0, 0.05) is 42.4 Å². The lowest BCUT2D eigenvalue weighted by atomic mass is 9.90. The highest BCUT2D eigenvalue weighted by Crippen LogP contribution is 2.31. The van der Waals surface area contributed by atoms with Crippen molar-refractivity contribution in [1.29, 1.82) is 0 Å². The molecule has 1 aliphatic rings. The number of aromatic nitrogens is 2. The van der Waals surface area contributed by atoms with Crippen molar-refractivity contribution in [3.05, 3.63) is 77.1 Å². The summed E-state index contributed by atoms with van der Waals surface area (Å²) >= 11 is 0. The van der Waals surface area contributed by atoms with E-state index >= 15 is 0 Å². The first-order valence-electron chi connectivity index (χ1n) is 9.33. The first kappa shape index (κ1) is 17.5. The van der Waals surface area contributed by atoms with Crippen molar-refractivity contribution in [2.45, 2.75) is 32.7 Å². The average Bonchev–Trinajstić information content (AvgIpc) is 2.96. The first-order chi connectivity index (χ1) is 13.1. The van der Waals surface area contributed by atoms with Gasteiger partial charge in [-0.25, -0.2) is 4.68 Å². The zero-order chi connectivity index (χ0) is 18.8. The molecule has 5 nitrogen and oxygen atoms in total. The second-order valence-electron chi connectivity index (χ2n) is 7.06. The third-order valence-corrected chi connectivity index (χ3v) is 5.24. The quantitative estimate of drug-likeness (QED) is 0.729. The van der Waals surface area contributed by atoms with E-state index < -0.39 is 0 Å². The molecule has 27 heavy (non-hydrogen) atoms. The van der Waals surface area contributed by atoms with E-state index in [1.54, 1.807) is 0 Å². The maximum Gasteiger partial charge on any atom is 0.225 e. The van der Waals surface area contributed by atoms with E-state index in [1.165, 1.54) is 11.1 Å². The summed E-state index contributed by atoms with van der Waals surface area (Å²) in [7, 11) is 0. The Kier molecular flexibility index (Phi) is 4.77. The van der Waals surface area contributed by atoms with Gasteiger partial charge in [-0.15, -0.1) is 0 Å². The van der Waals surface area contributed by atoms with Crippen molar-refractivity contribution in [1.82, 2.24) is 15.1 Å². The molecule has 0 fully saturated rings. The van der Waals surface area contributed by atoms with Gasteiger partial charge in [0.1, 0.15) is 0 Å². The van der Waals surface area contributed by atoms with Crippen molar-refractivity contribution in [2.24, 2.45) is 0 Å². The van der Waals surface area contributed by atoms with Crippen LogP contribution < -0.4 is 10.6 Å². The minimum absolute atomic E-state index is 0.0877. The highest BCUT2D eigenvalue weighted by Gasteiger charge is 2.24. The van der Waals surface area contributed by atoms with Gasteiger partial charge >= 0.3 is 0 Å². The first-order valence-corrected chi connectivity index (χ1v) is 9.33. The molecule has 0 bridgehead atoms. The van der Waals surface area contributed by atoms with Crippen molar-refractivity contribution in [2.75, 3.05) is 11.9 Å². The van der Waals surface area contributed by atoms with Gasteiger partial charge < -0.3 is 10.6 Å². The van der Waals surface area contributed by atoms with E-state index in [1.807, 2.05) is 48.0 Å². The van der Waals surface area contributed by atoms with Gasteiger partial charge in [0.05, 0.1) is 11.4 Å². The largest absolute Gasteiger partial charge is 0.326 e. The predicted octanol–water partition coefficient (Wildman–Crippen LogP) is 3.70. The fourth-order valence-corrected chi connectivity index (χ4v) is 3.81. The topological polar surface area (TPSA) is 59.0 Å². The molecular weight excluding hydrogens is 336 g/mol. The number of anilines is 1. The number of aryl methyl sites for hydroxylation is 1. The number of hydrogen-bond acceptors (Lipinski definition) is 3. The van der Waals surface area contributed by atoms with Crippen LogP contribution in [0, 0.1) is 13.8 Å². The molecule has 1 amide bonds. The predicted molar refractivity (Wildman–Crippen MR) is 107 cm³/mol. The number of nitrogens with zero attached hydrogens (tertiary/aromatic N) is 2. The molecule has 5 heteroatoms. The molecule has 2 aromatic carbocycles. The molecule has 1 aromatic heterocycles. The maximum atomic E-state index is 12.0. The summed E-state index contributed by atoms with van der Waals surface area (Å²) in [5.41, 5.74) is 6.61. The number of rotatable bonds is 5. The second-order valence-corrected chi connectivity index (χ2v) is 7.06. The van der Waals surface area contributed by atoms with Gasteiger partial charge in [-0.2, -0.15) is 5.10 Å². The number of nitrogens with one attached hydrogen (secondary N) is 2. The minimum atomic E-state index is 0.0877. The van der Waals surface area contributed by atoms with E-state index in [4.69, 9.17) is 5.10 Å². The second kappa shape index (κ2) is 7.37. The summed E-state index contributed by atoms with van der Waals surface area (Å²) in [4.78, 5) is 12.0. The summed E-state index contributed by atoms with van der Waals surface area (Å²) in [5, 5.41) is 11.2. The van der Waals surface area contributed by atoms with Gasteiger partial charge in [0.15, 0.2) is 0 Å². The van der Waals surface area contributed by atoms with Crippen LogP contribution in [-0.4, -0.2) is 22.2 Å². The van der Waals surface area contributed by atoms with Crippen LogP contribution in [0.4, 0.5) is 5.69 Å². The third-order valence-electron chi connectivity index (χ3n) is 5.24. The highest BCUT2D eigenvalue weighted by atomic mass is 16.1. The van der Waals surface area contributed by atoms with E-state index in [2.05, 4.69) is 35.8 Å². The van der Waals surface area contributed by atoms with Crippen LogP contribution in [0.3, 0.4) is 0 Å². The third kappa shape index (κ3) is 3.51. The standard InChI is InChI=1S/C22H24N4O/c1-15-20(16(2)26(25-15)18-8-4-3-5-9-18)14-23-13-17-12-22(27)24-21-11-7-6-10-19(17)21/h3-11,17,23H,12-14H2,1-2H3,(H,24,27). The SMILES string of the molecule is Cc1nn(-c2ccccc2)c(C)c1CNCC1CC(=O)Nc2ccccc21. The molecule has 2 heterocycles. The molecule has 138 valence electrons. The Balaban J connectivity index is 1.48. The molecular formula is C22H24N4O. The van der Waals surface area contributed by atoms with Gasteiger partial charge in [-0.05, 0) is 37.6 Å². The summed E-state index contributed by atoms with van der Waals surface area (Å²) < 4.78 is 2.00. The lowest BCUT2D eigenvalue weighted by Gasteiger charge is -2.25. The molecule has 1 unspecified atom stereocenters. The summed E-state index contributed by atoms with van der Waals surface area (Å²) in [6, 6.07) is 18.2. The van der Waals surface area contributed by atoms with Crippen molar-refractivity contribution in [3.63, 3.8) is 0 Å². The number of carbonyl (C=O) groups excluding carboxylic acids is 1. The van der Waals surface area contributed by atoms with E-state index in [0.717, 1.165) is 35.9 Å². The molecule has 0 spiro atoms. The fraction of sp³-hybridized carbons (Fsp3) is 0.273. The van der Waals surface area contributed by atoms with Crippen molar-refractivity contribution >= 4 is 11.6 Å². The van der Waals surface area contributed by atoms with Crippen LogP contribution in [0.25, 0.3) is 5.69 Å². The molecule has 0 radical (unpaired) electrons. The van der Waals surface area contributed by atoms with Crippen LogP contribution in [0.2, 0.25) is 0 Å². The van der Waals surface area contributed by atoms with Gasteiger partial charge in [-0.1, -0.05) is 36.4 Å². The molecule has 3 aromatic rings. The molecule has 1 atom stereocenters. The smallest absolute Gasteiger partial charge is 0.225 e. The van der Waals surface area contributed by atoms with Gasteiger partial charge in [0.25, 0.3) is 0 Å². The van der Waals surface area contributed by atoms with Crippen LogP contribution in [0.5, 0.6) is 0 Å². The molecule has 1 aliphatic heterocycles. The van der Waals surface area contributed by atoms with Gasteiger partial charge in [-0.3, -0.25) is 4.79 Å². The Morgan fingerprint density at radius 2 is 1.85 bits per heavy atom.